The summed E-state index contributed by atoms with van der Waals surface area (Å²) in [5.41, 5.74) is 2.71. The molecule has 0 spiro atoms. The predicted octanol–water partition coefficient (Wildman–Crippen LogP) is 6.64. The summed E-state index contributed by atoms with van der Waals surface area (Å²) in [5, 5.41) is 7.34. The largest absolute Gasteiger partial charge is 0.494 e. The van der Waals surface area contributed by atoms with E-state index in [1.165, 1.54) is 0 Å². The molecule has 2 atom stereocenters. The van der Waals surface area contributed by atoms with Crippen LogP contribution in [0.4, 0.5) is 36.2 Å². The summed E-state index contributed by atoms with van der Waals surface area (Å²) in [6.45, 7) is 6.29. The quantitative estimate of drug-likeness (QED) is 0.216. The number of hydrogen-bond donors (Lipinski definition) is 2. The van der Waals surface area contributed by atoms with Crippen LogP contribution < -0.4 is 20.3 Å². The van der Waals surface area contributed by atoms with Gasteiger partial charge in [0, 0.05) is 67.1 Å². The fourth-order valence-electron chi connectivity index (χ4n) is 6.91. The fraction of sp³-hybridized carbons (Fsp3) is 0.412. The van der Waals surface area contributed by atoms with Crippen molar-refractivity contribution in [2.24, 2.45) is 11.8 Å². The van der Waals surface area contributed by atoms with Gasteiger partial charge in [-0.3, -0.25) is 0 Å². The Hall–Kier alpha value is -4.43. The second kappa shape index (κ2) is 11.5. The second-order valence-electron chi connectivity index (χ2n) is 12.3. The minimum absolute atomic E-state index is 0.0466. The van der Waals surface area contributed by atoms with Crippen molar-refractivity contribution in [2.75, 3.05) is 62.4 Å². The molecule has 0 bridgehead atoms. The molecule has 0 radical (unpaired) electrons. The van der Waals surface area contributed by atoms with Gasteiger partial charge in [-0.15, -0.1) is 5.92 Å². The number of nitrogens with zero attached hydrogens (tertiary/aromatic N) is 5. The number of benzene rings is 2. The molecule has 2 aromatic carbocycles. The molecule has 11 heteroatoms. The highest BCUT2D eigenvalue weighted by molar-refractivity contribution is 5.96. The zero-order valence-corrected chi connectivity index (χ0v) is 25.6. The van der Waals surface area contributed by atoms with E-state index < -0.39 is 11.7 Å². The van der Waals surface area contributed by atoms with Crippen molar-refractivity contribution in [3.63, 3.8) is 0 Å². The molecule has 7 rings (SSSR count). The normalized spacial score (nSPS) is 19.8. The highest BCUT2D eigenvalue weighted by Crippen LogP contribution is 2.45. The molecule has 2 aromatic heterocycles. The van der Waals surface area contributed by atoms with Crippen LogP contribution >= 0.6 is 0 Å². The number of fused-ring (bicyclic) bond motifs is 2. The maximum absolute atomic E-state index is 14.3. The molecule has 4 aromatic rings. The van der Waals surface area contributed by atoms with E-state index in [0.29, 0.717) is 41.4 Å². The lowest BCUT2D eigenvalue weighted by molar-refractivity contribution is -0.137. The molecule has 2 N–H and O–H groups in total. The third-order valence-corrected chi connectivity index (χ3v) is 9.15. The smallest absolute Gasteiger partial charge is 0.419 e. The number of nitrogens with one attached hydrogen (secondary N) is 2. The number of para-hydroxylation sites is 1. The predicted molar refractivity (Wildman–Crippen MR) is 171 cm³/mol. The summed E-state index contributed by atoms with van der Waals surface area (Å²) in [6.07, 6.45) is 0.0548. The number of methoxy groups -OCH3 is 1. The highest BCUT2D eigenvalue weighted by atomic mass is 19.4. The molecule has 0 unspecified atom stereocenters. The van der Waals surface area contributed by atoms with Gasteiger partial charge in [0.1, 0.15) is 11.3 Å². The number of rotatable bonds is 8. The molecule has 2 aliphatic heterocycles. The summed E-state index contributed by atoms with van der Waals surface area (Å²) in [7, 11) is 3.75. The summed E-state index contributed by atoms with van der Waals surface area (Å²) in [6, 6.07) is 11.7. The first kappa shape index (κ1) is 29.3. The van der Waals surface area contributed by atoms with E-state index in [1.54, 1.807) is 20.2 Å². The van der Waals surface area contributed by atoms with Gasteiger partial charge < -0.3 is 29.7 Å². The molecule has 2 saturated heterocycles. The summed E-state index contributed by atoms with van der Waals surface area (Å²) >= 11 is 0. The lowest BCUT2D eigenvalue weighted by Crippen LogP contribution is -2.27. The zero-order valence-electron chi connectivity index (χ0n) is 25.6. The Morgan fingerprint density at radius 2 is 1.80 bits per heavy atom. The molecule has 4 heterocycles. The fourth-order valence-corrected chi connectivity index (χ4v) is 6.91. The first-order valence-corrected chi connectivity index (χ1v) is 15.3. The lowest BCUT2D eigenvalue weighted by atomic mass is 10.0. The van der Waals surface area contributed by atoms with Gasteiger partial charge in [-0.2, -0.15) is 13.2 Å². The summed E-state index contributed by atoms with van der Waals surface area (Å²) < 4.78 is 50.9. The van der Waals surface area contributed by atoms with Gasteiger partial charge in [0.15, 0.2) is 0 Å². The Morgan fingerprint density at radius 3 is 2.49 bits per heavy atom. The number of halogens is 3. The van der Waals surface area contributed by atoms with E-state index in [2.05, 4.69) is 53.9 Å². The van der Waals surface area contributed by atoms with E-state index >= 15 is 0 Å². The standard InChI is InChI=1S/C34H36F3N7O/c1-4-5-12-38-27-13-28(31(45-3)14-30(27)43-18-21-16-42(2)17-22(21)19-43)40-33-39-15-26(34(35,36)37)32(41-33)25-20-44(23-10-11-23)29-9-7-6-8-24(25)29/h6-9,13-15,20-23,38H,10-12,16-19H2,1-3H3,(H,39,40,41)/t21-,22+. The zero-order chi connectivity index (χ0) is 31.3. The van der Waals surface area contributed by atoms with E-state index in [4.69, 9.17) is 4.74 Å². The van der Waals surface area contributed by atoms with Crippen molar-refractivity contribution >= 4 is 33.9 Å². The van der Waals surface area contributed by atoms with Crippen LogP contribution in [0.5, 0.6) is 5.75 Å². The Labute approximate surface area is 260 Å². The van der Waals surface area contributed by atoms with Gasteiger partial charge in [0.2, 0.25) is 5.95 Å². The van der Waals surface area contributed by atoms with Crippen LogP contribution in [-0.4, -0.2) is 66.3 Å². The molecule has 3 fully saturated rings. The van der Waals surface area contributed by atoms with Gasteiger partial charge in [0.05, 0.1) is 36.4 Å². The molecular formula is C34H36F3N7O. The molecule has 45 heavy (non-hydrogen) atoms. The van der Waals surface area contributed by atoms with E-state index in [-0.39, 0.29) is 11.6 Å². The molecule has 234 valence electrons. The van der Waals surface area contributed by atoms with Gasteiger partial charge in [-0.05, 0) is 50.8 Å². The van der Waals surface area contributed by atoms with E-state index in [0.717, 1.165) is 67.5 Å². The third kappa shape index (κ3) is 5.63. The average Bonchev–Trinajstić information content (AvgIpc) is 3.54. The molecule has 1 aliphatic carbocycles. The maximum Gasteiger partial charge on any atom is 0.419 e. The average molecular weight is 616 g/mol. The van der Waals surface area contributed by atoms with E-state index in [1.807, 2.05) is 36.4 Å². The Balaban J connectivity index is 1.27. The van der Waals surface area contributed by atoms with Crippen LogP contribution in [0.3, 0.4) is 0 Å². The van der Waals surface area contributed by atoms with Crippen molar-refractivity contribution in [3.05, 3.63) is 54.4 Å². The van der Waals surface area contributed by atoms with E-state index in [9.17, 15) is 13.2 Å². The van der Waals surface area contributed by atoms with Crippen molar-refractivity contribution in [1.82, 2.24) is 19.4 Å². The van der Waals surface area contributed by atoms with Crippen LogP contribution in [0.25, 0.3) is 22.2 Å². The van der Waals surface area contributed by atoms with Gasteiger partial charge >= 0.3 is 6.18 Å². The number of likely N-dealkylation sites (tertiary alicyclic amines) is 1. The van der Waals surface area contributed by atoms with Gasteiger partial charge in [-0.1, -0.05) is 24.1 Å². The molecular weight excluding hydrogens is 579 g/mol. The molecule has 3 aliphatic rings. The number of aromatic nitrogens is 3. The van der Waals surface area contributed by atoms with Crippen LogP contribution in [0.2, 0.25) is 0 Å². The lowest BCUT2D eigenvalue weighted by Gasteiger charge is -2.26. The SMILES string of the molecule is CC#CCNc1cc(Nc2ncc(C(F)(F)F)c(-c3cn(C4CC4)c4ccccc34)n2)c(OC)cc1N1C[C@H]2CN(C)C[C@H]2C1. The van der Waals surface area contributed by atoms with Crippen molar-refractivity contribution in [1.29, 1.82) is 0 Å². The maximum atomic E-state index is 14.3. The van der Waals surface area contributed by atoms with Crippen LogP contribution in [0.15, 0.2) is 48.8 Å². The van der Waals surface area contributed by atoms with Crippen molar-refractivity contribution in [2.45, 2.75) is 32.0 Å². The monoisotopic (exact) mass is 615 g/mol. The van der Waals surface area contributed by atoms with Crippen LogP contribution in [0, 0.1) is 23.7 Å². The van der Waals surface area contributed by atoms with Crippen LogP contribution in [-0.2, 0) is 6.18 Å². The molecule has 0 amide bonds. The van der Waals surface area contributed by atoms with Crippen LogP contribution in [0.1, 0.15) is 31.4 Å². The number of hydrogen-bond acceptors (Lipinski definition) is 7. The summed E-state index contributed by atoms with van der Waals surface area (Å²) in [4.78, 5) is 13.4. The Morgan fingerprint density at radius 1 is 1.04 bits per heavy atom. The Kier molecular flexibility index (Phi) is 7.48. The van der Waals surface area contributed by atoms with Gasteiger partial charge in [-0.25, -0.2) is 9.97 Å². The first-order chi connectivity index (χ1) is 21.7. The number of ether oxygens (including phenoxy) is 1. The number of anilines is 4. The minimum Gasteiger partial charge on any atom is -0.494 e. The third-order valence-electron chi connectivity index (χ3n) is 9.15. The second-order valence-corrected chi connectivity index (χ2v) is 12.3. The molecule has 8 nitrogen and oxygen atoms in total. The number of alkyl halides is 3. The molecule has 1 saturated carbocycles. The highest BCUT2D eigenvalue weighted by Gasteiger charge is 2.40. The first-order valence-electron chi connectivity index (χ1n) is 15.3. The topological polar surface area (TPSA) is 70.5 Å². The summed E-state index contributed by atoms with van der Waals surface area (Å²) in [5.74, 6) is 7.78. The van der Waals surface area contributed by atoms with Crippen molar-refractivity contribution in [3.8, 4) is 28.8 Å². The van der Waals surface area contributed by atoms with Gasteiger partial charge in [0.25, 0.3) is 0 Å². The minimum atomic E-state index is -4.63. The Bertz CT molecular complexity index is 1790. The van der Waals surface area contributed by atoms with Crippen molar-refractivity contribution < 1.29 is 17.9 Å².